The van der Waals surface area contributed by atoms with Crippen LogP contribution in [0.4, 0.5) is 5.69 Å². The van der Waals surface area contributed by atoms with E-state index >= 15 is 0 Å². The Morgan fingerprint density at radius 1 is 1.31 bits per heavy atom. The Kier molecular flexibility index (Phi) is 7.91. The first kappa shape index (κ1) is 20.7. The fourth-order valence-electron chi connectivity index (χ4n) is 3.76. The zero-order valence-electron chi connectivity index (χ0n) is 15.5. The molecule has 2 aliphatic rings. The maximum absolute atomic E-state index is 12.4. The fourth-order valence-corrected chi connectivity index (χ4v) is 3.76. The number of carbonyl (C=O) groups is 2. The predicted molar refractivity (Wildman–Crippen MR) is 107 cm³/mol. The lowest BCUT2D eigenvalue weighted by Gasteiger charge is -2.23. The summed E-state index contributed by atoms with van der Waals surface area (Å²) in [7, 11) is 0. The second-order valence-electron chi connectivity index (χ2n) is 7.22. The highest BCUT2D eigenvalue weighted by atomic mass is 35.5. The van der Waals surface area contributed by atoms with E-state index in [1.165, 1.54) is 18.4 Å². The van der Waals surface area contributed by atoms with E-state index in [1.807, 2.05) is 24.3 Å². The highest BCUT2D eigenvalue weighted by Gasteiger charge is 2.35. The molecule has 0 spiro atoms. The van der Waals surface area contributed by atoms with Crippen LogP contribution in [0.2, 0.25) is 0 Å². The number of rotatable bonds is 6. The van der Waals surface area contributed by atoms with Gasteiger partial charge < -0.3 is 15.5 Å². The highest BCUT2D eigenvalue weighted by Crippen LogP contribution is 2.25. The second-order valence-corrected chi connectivity index (χ2v) is 7.22. The minimum atomic E-state index is -0.233. The molecule has 3 rings (SSSR count). The molecule has 1 aromatic rings. The number of anilines is 1. The molecule has 2 amide bonds. The van der Waals surface area contributed by atoms with Crippen molar-refractivity contribution in [3.8, 4) is 0 Å². The maximum atomic E-state index is 12.4. The third kappa shape index (κ3) is 5.21. The third-order valence-corrected chi connectivity index (χ3v) is 5.40. The van der Waals surface area contributed by atoms with Gasteiger partial charge in [0.1, 0.15) is 0 Å². The van der Waals surface area contributed by atoms with Crippen molar-refractivity contribution in [2.45, 2.75) is 39.0 Å². The first-order valence-electron chi connectivity index (χ1n) is 9.55. The van der Waals surface area contributed by atoms with Gasteiger partial charge in [-0.3, -0.25) is 9.59 Å². The van der Waals surface area contributed by atoms with Crippen LogP contribution < -0.4 is 15.5 Å². The molecular formula is C20H30ClN3O2. The van der Waals surface area contributed by atoms with Crippen molar-refractivity contribution in [2.24, 2.45) is 11.8 Å². The highest BCUT2D eigenvalue weighted by molar-refractivity contribution is 6.00. The smallest absolute Gasteiger partial charge is 0.227 e. The van der Waals surface area contributed by atoms with Crippen molar-refractivity contribution in [1.29, 1.82) is 0 Å². The summed E-state index contributed by atoms with van der Waals surface area (Å²) < 4.78 is 0. The molecule has 2 fully saturated rings. The Labute approximate surface area is 162 Å². The van der Waals surface area contributed by atoms with Crippen LogP contribution in [0.25, 0.3) is 0 Å². The van der Waals surface area contributed by atoms with Crippen molar-refractivity contribution >= 4 is 29.9 Å². The molecule has 2 atom stereocenters. The minimum Gasteiger partial charge on any atom is -0.356 e. The van der Waals surface area contributed by atoms with Crippen molar-refractivity contribution in [3.63, 3.8) is 0 Å². The van der Waals surface area contributed by atoms with Crippen LogP contribution in [0, 0.1) is 11.8 Å². The summed E-state index contributed by atoms with van der Waals surface area (Å²) in [5, 5.41) is 6.44. The van der Waals surface area contributed by atoms with Crippen LogP contribution in [0.1, 0.15) is 38.2 Å². The number of amides is 2. The average Bonchev–Trinajstić information content (AvgIpc) is 3.04. The standard InChI is InChI=1S/C20H29N3O2.ClH/c1-2-15-5-7-18(8-6-15)23-14-17(12-19(23)24)20(25)22-11-9-16-4-3-10-21-13-16;/h5-8,16-17,21H,2-4,9-14H2,1H3,(H,22,25);1H. The van der Waals surface area contributed by atoms with E-state index in [-0.39, 0.29) is 30.1 Å². The van der Waals surface area contributed by atoms with Gasteiger partial charge in [-0.1, -0.05) is 19.1 Å². The minimum absolute atomic E-state index is 0. The first-order chi connectivity index (χ1) is 12.2. The molecule has 2 saturated heterocycles. The van der Waals surface area contributed by atoms with E-state index in [0.29, 0.717) is 25.4 Å². The number of piperidine rings is 1. The van der Waals surface area contributed by atoms with Crippen LogP contribution in [0.15, 0.2) is 24.3 Å². The Balaban J connectivity index is 0.00000243. The number of nitrogens with one attached hydrogen (secondary N) is 2. The van der Waals surface area contributed by atoms with Gasteiger partial charge in [-0.2, -0.15) is 0 Å². The van der Waals surface area contributed by atoms with Gasteiger partial charge in [0.25, 0.3) is 0 Å². The number of nitrogens with zero attached hydrogens (tertiary/aromatic N) is 1. The van der Waals surface area contributed by atoms with Crippen LogP contribution in [-0.2, 0) is 16.0 Å². The molecule has 0 aromatic heterocycles. The molecule has 26 heavy (non-hydrogen) atoms. The molecule has 5 nitrogen and oxygen atoms in total. The van der Waals surface area contributed by atoms with E-state index < -0.39 is 0 Å². The third-order valence-electron chi connectivity index (χ3n) is 5.40. The fraction of sp³-hybridized carbons (Fsp3) is 0.600. The number of carbonyl (C=O) groups excluding carboxylic acids is 2. The summed E-state index contributed by atoms with van der Waals surface area (Å²) >= 11 is 0. The second kappa shape index (κ2) is 9.93. The van der Waals surface area contributed by atoms with Gasteiger partial charge in [0.15, 0.2) is 0 Å². The van der Waals surface area contributed by atoms with Gasteiger partial charge in [0.2, 0.25) is 11.8 Å². The number of aryl methyl sites for hydroxylation is 1. The first-order valence-corrected chi connectivity index (χ1v) is 9.55. The Hall–Kier alpha value is -1.59. The zero-order chi connectivity index (χ0) is 17.6. The van der Waals surface area contributed by atoms with Crippen molar-refractivity contribution in [3.05, 3.63) is 29.8 Å². The van der Waals surface area contributed by atoms with Gasteiger partial charge >= 0.3 is 0 Å². The summed E-state index contributed by atoms with van der Waals surface area (Å²) in [6.07, 6.45) is 4.78. The largest absolute Gasteiger partial charge is 0.356 e. The maximum Gasteiger partial charge on any atom is 0.227 e. The van der Waals surface area contributed by atoms with E-state index in [2.05, 4.69) is 17.6 Å². The predicted octanol–water partition coefficient (Wildman–Crippen LogP) is 2.53. The number of hydrogen-bond acceptors (Lipinski definition) is 3. The topological polar surface area (TPSA) is 61.4 Å². The molecule has 0 bridgehead atoms. The lowest BCUT2D eigenvalue weighted by Crippen LogP contribution is -2.36. The van der Waals surface area contributed by atoms with E-state index in [4.69, 9.17) is 0 Å². The molecule has 2 unspecified atom stereocenters. The molecular weight excluding hydrogens is 350 g/mol. The van der Waals surface area contributed by atoms with E-state index in [1.54, 1.807) is 4.90 Å². The lowest BCUT2D eigenvalue weighted by atomic mass is 9.96. The summed E-state index contributed by atoms with van der Waals surface area (Å²) in [6, 6.07) is 8.06. The van der Waals surface area contributed by atoms with Gasteiger partial charge in [-0.15, -0.1) is 12.4 Å². The molecule has 0 saturated carbocycles. The van der Waals surface area contributed by atoms with Gasteiger partial charge in [0, 0.05) is 25.2 Å². The van der Waals surface area contributed by atoms with Crippen LogP contribution in [-0.4, -0.2) is 38.0 Å². The SMILES string of the molecule is CCc1ccc(N2CC(C(=O)NCCC3CCCNC3)CC2=O)cc1.Cl. The molecule has 1 aromatic carbocycles. The monoisotopic (exact) mass is 379 g/mol. The van der Waals surface area contributed by atoms with Gasteiger partial charge in [-0.25, -0.2) is 0 Å². The van der Waals surface area contributed by atoms with Crippen LogP contribution in [0.5, 0.6) is 0 Å². The molecule has 0 radical (unpaired) electrons. The number of halogens is 1. The van der Waals surface area contributed by atoms with Crippen molar-refractivity contribution < 1.29 is 9.59 Å². The molecule has 144 valence electrons. The number of hydrogen-bond donors (Lipinski definition) is 2. The zero-order valence-corrected chi connectivity index (χ0v) is 16.3. The van der Waals surface area contributed by atoms with Crippen LogP contribution >= 0.6 is 12.4 Å². The van der Waals surface area contributed by atoms with E-state index in [9.17, 15) is 9.59 Å². The van der Waals surface area contributed by atoms with Gasteiger partial charge in [-0.05, 0) is 62.4 Å². The van der Waals surface area contributed by atoms with Crippen molar-refractivity contribution in [1.82, 2.24) is 10.6 Å². The number of benzene rings is 1. The quantitative estimate of drug-likeness (QED) is 0.798. The molecule has 0 aliphatic carbocycles. The summed E-state index contributed by atoms with van der Waals surface area (Å²) in [5.41, 5.74) is 2.15. The Bertz CT molecular complexity index is 600. The van der Waals surface area contributed by atoms with Crippen LogP contribution in [0.3, 0.4) is 0 Å². The summed E-state index contributed by atoms with van der Waals surface area (Å²) in [5.74, 6) is 0.487. The van der Waals surface area contributed by atoms with E-state index in [0.717, 1.165) is 31.6 Å². The molecule has 2 heterocycles. The normalized spacial score (nSPS) is 22.8. The average molecular weight is 380 g/mol. The van der Waals surface area contributed by atoms with Crippen molar-refractivity contribution in [2.75, 3.05) is 31.1 Å². The Morgan fingerprint density at radius 2 is 2.08 bits per heavy atom. The molecule has 2 aliphatic heterocycles. The molecule has 6 heteroatoms. The summed E-state index contributed by atoms with van der Waals surface area (Å²) in [4.78, 5) is 26.5. The Morgan fingerprint density at radius 3 is 2.73 bits per heavy atom. The summed E-state index contributed by atoms with van der Waals surface area (Å²) in [6.45, 7) is 5.48. The molecule has 2 N–H and O–H groups in total. The van der Waals surface area contributed by atoms with Gasteiger partial charge in [0.05, 0.1) is 5.92 Å². The lowest BCUT2D eigenvalue weighted by molar-refractivity contribution is -0.126.